The van der Waals surface area contributed by atoms with Crippen molar-refractivity contribution in [2.45, 2.75) is 13.8 Å². The van der Waals surface area contributed by atoms with Crippen LogP contribution in [-0.2, 0) is 0 Å². The van der Waals surface area contributed by atoms with Crippen LogP contribution in [0.5, 0.6) is 0 Å². The summed E-state index contributed by atoms with van der Waals surface area (Å²) in [5, 5.41) is 0. The number of nitrogens with zero attached hydrogens (tertiary/aromatic N) is 1. The van der Waals surface area contributed by atoms with Crippen LogP contribution in [0.3, 0.4) is 0 Å². The molecular weight excluding hydrogens is 226 g/mol. The fraction of sp³-hybridized carbons (Fsp3) is 0.182. The molecule has 0 spiro atoms. The van der Waals surface area contributed by atoms with Gasteiger partial charge in [0.2, 0.25) is 5.91 Å². The zero-order chi connectivity index (χ0) is 11.9. The zero-order valence-electron chi connectivity index (χ0n) is 8.81. The van der Waals surface area contributed by atoms with Crippen molar-refractivity contribution in [1.82, 2.24) is 4.57 Å². The molecule has 2 aromatic rings. The Morgan fingerprint density at radius 1 is 1.25 bits per heavy atom. The predicted octanol–water partition coefficient (Wildman–Crippen LogP) is 1.93. The lowest BCUT2D eigenvalue weighted by molar-refractivity contribution is 0.0938. The van der Waals surface area contributed by atoms with Gasteiger partial charge in [-0.05, 0) is 25.1 Å². The summed E-state index contributed by atoms with van der Waals surface area (Å²) in [6, 6.07) is 4.89. The molecule has 1 heterocycles. The van der Waals surface area contributed by atoms with Crippen LogP contribution in [0.4, 0.5) is 0 Å². The van der Waals surface area contributed by atoms with Crippen molar-refractivity contribution in [3.05, 3.63) is 33.4 Å². The standard InChI is InChI=1S/C11H9NO3S/c1-6(13)8-3-4-9-10(5-8)16-11(15)12(9)7(2)14/h3-5H,1-2H3. The molecule has 0 atom stereocenters. The molecule has 1 aromatic carbocycles. The maximum Gasteiger partial charge on any atom is 0.314 e. The Bertz CT molecular complexity index is 651. The van der Waals surface area contributed by atoms with Crippen LogP contribution in [0.2, 0.25) is 0 Å². The van der Waals surface area contributed by atoms with Gasteiger partial charge in [0.25, 0.3) is 0 Å². The van der Waals surface area contributed by atoms with Crippen LogP contribution < -0.4 is 4.87 Å². The molecule has 16 heavy (non-hydrogen) atoms. The quantitative estimate of drug-likeness (QED) is 0.709. The summed E-state index contributed by atoms with van der Waals surface area (Å²) in [5.41, 5.74) is 1.11. The van der Waals surface area contributed by atoms with Gasteiger partial charge in [0.15, 0.2) is 5.78 Å². The van der Waals surface area contributed by atoms with Gasteiger partial charge in [-0.2, -0.15) is 0 Å². The number of carbonyl (C=O) groups is 2. The highest BCUT2D eigenvalue weighted by atomic mass is 32.1. The van der Waals surface area contributed by atoms with Crippen LogP contribution >= 0.6 is 11.3 Å². The Hall–Kier alpha value is -1.75. The Labute approximate surface area is 95.1 Å². The first-order valence-corrected chi connectivity index (χ1v) is 5.50. The first kappa shape index (κ1) is 10.8. The third-order valence-corrected chi connectivity index (χ3v) is 3.21. The monoisotopic (exact) mass is 235 g/mol. The van der Waals surface area contributed by atoms with Crippen molar-refractivity contribution in [2.24, 2.45) is 0 Å². The number of ketones is 1. The second kappa shape index (κ2) is 3.68. The average molecular weight is 235 g/mol. The Balaban J connectivity index is 2.80. The lowest BCUT2D eigenvalue weighted by Gasteiger charge is -1.98. The molecule has 82 valence electrons. The molecule has 2 rings (SSSR count). The Morgan fingerprint density at radius 3 is 2.50 bits per heavy atom. The van der Waals surface area contributed by atoms with E-state index < -0.39 is 0 Å². The van der Waals surface area contributed by atoms with Gasteiger partial charge in [-0.25, -0.2) is 4.57 Å². The summed E-state index contributed by atoms with van der Waals surface area (Å²) in [7, 11) is 0. The highest BCUT2D eigenvalue weighted by molar-refractivity contribution is 7.16. The molecule has 0 saturated carbocycles. The maximum absolute atomic E-state index is 11.5. The molecule has 0 saturated heterocycles. The van der Waals surface area contributed by atoms with E-state index in [9.17, 15) is 14.4 Å². The number of rotatable bonds is 1. The molecule has 5 heteroatoms. The van der Waals surface area contributed by atoms with E-state index in [0.717, 1.165) is 15.9 Å². The Kier molecular flexibility index (Phi) is 2.47. The minimum Gasteiger partial charge on any atom is -0.295 e. The molecule has 0 unspecified atom stereocenters. The van der Waals surface area contributed by atoms with Gasteiger partial charge >= 0.3 is 4.87 Å². The van der Waals surface area contributed by atoms with E-state index in [1.807, 2.05) is 0 Å². The number of Topliss-reactive ketones (excluding diaryl/α,β-unsaturated/α-hetero) is 1. The van der Waals surface area contributed by atoms with E-state index in [-0.39, 0.29) is 16.6 Å². The third-order valence-electron chi connectivity index (χ3n) is 2.30. The lowest BCUT2D eigenvalue weighted by Crippen LogP contribution is -2.18. The summed E-state index contributed by atoms with van der Waals surface area (Å²) >= 11 is 0.973. The molecule has 0 aliphatic heterocycles. The summed E-state index contributed by atoms with van der Waals surface area (Å²) in [5.74, 6) is -0.371. The summed E-state index contributed by atoms with van der Waals surface area (Å²) in [6.45, 7) is 2.80. The second-order valence-electron chi connectivity index (χ2n) is 3.46. The minimum absolute atomic E-state index is 0.0582. The van der Waals surface area contributed by atoms with Gasteiger partial charge in [0, 0.05) is 12.5 Å². The number of fused-ring (bicyclic) bond motifs is 1. The molecule has 4 nitrogen and oxygen atoms in total. The van der Waals surface area contributed by atoms with E-state index in [2.05, 4.69) is 0 Å². The van der Waals surface area contributed by atoms with Crippen molar-refractivity contribution >= 4 is 33.2 Å². The van der Waals surface area contributed by atoms with Crippen LogP contribution in [-0.4, -0.2) is 16.3 Å². The first-order chi connectivity index (χ1) is 7.50. The number of thiazole rings is 1. The number of benzene rings is 1. The smallest absolute Gasteiger partial charge is 0.295 e. The number of hydrogen-bond acceptors (Lipinski definition) is 4. The van der Waals surface area contributed by atoms with Crippen molar-refractivity contribution in [2.75, 3.05) is 0 Å². The van der Waals surface area contributed by atoms with E-state index in [1.165, 1.54) is 13.8 Å². The van der Waals surface area contributed by atoms with Gasteiger partial charge in [-0.3, -0.25) is 14.4 Å². The van der Waals surface area contributed by atoms with Crippen molar-refractivity contribution < 1.29 is 9.59 Å². The maximum atomic E-state index is 11.5. The molecule has 0 N–H and O–H groups in total. The highest BCUT2D eigenvalue weighted by Crippen LogP contribution is 2.19. The number of carbonyl (C=O) groups excluding carboxylic acids is 2. The normalized spacial score (nSPS) is 10.6. The first-order valence-electron chi connectivity index (χ1n) is 4.68. The lowest BCUT2D eigenvalue weighted by atomic mass is 10.1. The molecule has 0 aliphatic carbocycles. The minimum atomic E-state index is -0.316. The zero-order valence-corrected chi connectivity index (χ0v) is 9.63. The largest absolute Gasteiger partial charge is 0.314 e. The SMILES string of the molecule is CC(=O)c1ccc2c(c1)sc(=O)n2C(C)=O. The predicted molar refractivity (Wildman–Crippen MR) is 62.4 cm³/mol. The molecule has 0 fully saturated rings. The fourth-order valence-electron chi connectivity index (χ4n) is 1.54. The Morgan fingerprint density at radius 2 is 1.94 bits per heavy atom. The molecule has 0 bridgehead atoms. The van der Waals surface area contributed by atoms with Gasteiger partial charge in [-0.1, -0.05) is 11.3 Å². The average Bonchev–Trinajstić information content (AvgIpc) is 2.51. The molecule has 0 radical (unpaired) electrons. The van der Waals surface area contributed by atoms with Crippen molar-refractivity contribution in [3.8, 4) is 0 Å². The summed E-state index contributed by atoms with van der Waals surface area (Å²) < 4.78 is 1.78. The van der Waals surface area contributed by atoms with Gasteiger partial charge in [0.1, 0.15) is 0 Å². The second-order valence-corrected chi connectivity index (χ2v) is 4.45. The third kappa shape index (κ3) is 1.59. The molecule has 1 aromatic heterocycles. The van der Waals surface area contributed by atoms with Crippen molar-refractivity contribution in [3.63, 3.8) is 0 Å². The van der Waals surface area contributed by atoms with E-state index in [4.69, 9.17) is 0 Å². The number of hydrogen-bond donors (Lipinski definition) is 0. The van der Waals surface area contributed by atoms with Crippen LogP contribution in [0.1, 0.15) is 29.0 Å². The van der Waals surface area contributed by atoms with Crippen LogP contribution in [0.15, 0.2) is 23.0 Å². The van der Waals surface area contributed by atoms with Gasteiger partial charge in [-0.15, -0.1) is 0 Å². The van der Waals surface area contributed by atoms with E-state index >= 15 is 0 Å². The topological polar surface area (TPSA) is 56.1 Å². The van der Waals surface area contributed by atoms with E-state index in [0.29, 0.717) is 15.8 Å². The van der Waals surface area contributed by atoms with Gasteiger partial charge < -0.3 is 0 Å². The molecular formula is C11H9NO3S. The van der Waals surface area contributed by atoms with Gasteiger partial charge in [0.05, 0.1) is 10.2 Å². The molecule has 0 amide bonds. The summed E-state index contributed by atoms with van der Waals surface area (Å²) in [4.78, 5) is 33.7. The van der Waals surface area contributed by atoms with Crippen molar-refractivity contribution in [1.29, 1.82) is 0 Å². The van der Waals surface area contributed by atoms with E-state index in [1.54, 1.807) is 18.2 Å². The summed E-state index contributed by atoms with van der Waals surface area (Å²) in [6.07, 6.45) is 0. The highest BCUT2D eigenvalue weighted by Gasteiger charge is 2.11. The van der Waals surface area contributed by atoms with Crippen LogP contribution in [0, 0.1) is 0 Å². The molecule has 0 aliphatic rings. The van der Waals surface area contributed by atoms with Crippen LogP contribution in [0.25, 0.3) is 10.2 Å². The number of aromatic nitrogens is 1. The fourth-order valence-corrected chi connectivity index (χ4v) is 2.49.